The van der Waals surface area contributed by atoms with Gasteiger partial charge in [0.05, 0.1) is 17.7 Å². The zero-order valence-corrected chi connectivity index (χ0v) is 20.7. The molecule has 1 N–H and O–H groups in total. The number of hydrogen-bond acceptors (Lipinski definition) is 4. The van der Waals surface area contributed by atoms with Gasteiger partial charge in [0.15, 0.2) is 5.60 Å². The van der Waals surface area contributed by atoms with Crippen molar-refractivity contribution in [2.24, 2.45) is 0 Å². The van der Waals surface area contributed by atoms with Gasteiger partial charge < -0.3 is 9.67 Å². The van der Waals surface area contributed by atoms with Crippen LogP contribution in [0.4, 0.5) is 0 Å². The second kappa shape index (κ2) is 9.88. The summed E-state index contributed by atoms with van der Waals surface area (Å²) in [6.07, 6.45) is 7.04. The first-order valence-corrected chi connectivity index (χ1v) is 12.5. The van der Waals surface area contributed by atoms with Crippen molar-refractivity contribution in [3.63, 3.8) is 0 Å². The minimum Gasteiger partial charge on any atom is -0.372 e. The molecular weight excluding hydrogens is 468 g/mol. The number of rotatable bonds is 7. The molecule has 38 heavy (non-hydrogen) atoms. The number of aromatic nitrogens is 4. The van der Waals surface area contributed by atoms with Gasteiger partial charge in [0.1, 0.15) is 11.2 Å². The maximum atomic E-state index is 12.3. The molecule has 0 amide bonds. The molecule has 0 aliphatic rings. The Kier molecular flexibility index (Phi) is 6.12. The third kappa shape index (κ3) is 3.81. The third-order valence-corrected chi connectivity index (χ3v) is 6.99. The molecule has 0 saturated carbocycles. The average molecular weight is 495 g/mol. The van der Waals surface area contributed by atoms with Crippen molar-refractivity contribution in [2.75, 3.05) is 0 Å². The number of pyridine rings is 2. The molecule has 0 radical (unpaired) electrons. The number of benzene rings is 3. The van der Waals surface area contributed by atoms with Crippen LogP contribution in [0.5, 0.6) is 0 Å². The summed E-state index contributed by atoms with van der Waals surface area (Å²) in [7, 11) is 0. The van der Waals surface area contributed by atoms with Crippen LogP contribution in [0.2, 0.25) is 0 Å². The highest BCUT2D eigenvalue weighted by Crippen LogP contribution is 2.42. The number of aliphatic hydroxyl groups is 1. The quantitative estimate of drug-likeness (QED) is 0.285. The molecular formula is C33H26N4O. The van der Waals surface area contributed by atoms with Crippen molar-refractivity contribution in [3.8, 4) is 0 Å². The standard InChI is InChI=1S/C33H26N4O/c38-33(29-20-10-12-22-34-29,30-21-11-13-23-35-30)31-24-37(25-36-31)32(26-14-4-1-5-15-26,27-16-6-2-7-17-27)28-18-8-3-9-19-28/h1-25,38H. The Labute approximate surface area is 221 Å². The normalized spacial score (nSPS) is 11.8. The first-order valence-electron chi connectivity index (χ1n) is 12.5. The van der Waals surface area contributed by atoms with E-state index in [2.05, 4.69) is 50.9 Å². The molecule has 0 aliphatic carbocycles. The Bertz CT molecular complexity index is 1470. The van der Waals surface area contributed by atoms with Gasteiger partial charge in [-0.2, -0.15) is 0 Å². The van der Waals surface area contributed by atoms with Crippen LogP contribution in [0, 0.1) is 0 Å². The number of imidazole rings is 1. The van der Waals surface area contributed by atoms with E-state index >= 15 is 0 Å². The Morgan fingerprint density at radius 1 is 0.474 bits per heavy atom. The molecule has 3 aromatic carbocycles. The monoisotopic (exact) mass is 494 g/mol. The van der Waals surface area contributed by atoms with Gasteiger partial charge in [-0.3, -0.25) is 9.97 Å². The van der Waals surface area contributed by atoms with E-state index in [1.54, 1.807) is 30.9 Å². The van der Waals surface area contributed by atoms with E-state index < -0.39 is 11.1 Å². The van der Waals surface area contributed by atoms with E-state index in [1.165, 1.54) is 0 Å². The Morgan fingerprint density at radius 2 is 0.895 bits per heavy atom. The molecule has 0 bridgehead atoms. The average Bonchev–Trinajstić information content (AvgIpc) is 3.51. The summed E-state index contributed by atoms with van der Waals surface area (Å²) in [4.78, 5) is 13.8. The summed E-state index contributed by atoms with van der Waals surface area (Å²) in [6, 6.07) is 42.1. The van der Waals surface area contributed by atoms with Crippen molar-refractivity contribution in [2.45, 2.75) is 11.1 Å². The molecule has 3 heterocycles. The lowest BCUT2D eigenvalue weighted by Gasteiger charge is -2.37. The maximum absolute atomic E-state index is 12.3. The second-order valence-electron chi connectivity index (χ2n) is 9.12. The van der Waals surface area contributed by atoms with Gasteiger partial charge in [-0.05, 0) is 41.0 Å². The van der Waals surface area contributed by atoms with Gasteiger partial charge >= 0.3 is 0 Å². The van der Waals surface area contributed by atoms with Crippen LogP contribution in [0.3, 0.4) is 0 Å². The van der Waals surface area contributed by atoms with Crippen molar-refractivity contribution >= 4 is 0 Å². The topological polar surface area (TPSA) is 63.8 Å². The Hall–Kier alpha value is -4.87. The predicted molar refractivity (Wildman–Crippen MR) is 147 cm³/mol. The zero-order valence-electron chi connectivity index (χ0n) is 20.7. The number of nitrogens with zero attached hydrogens (tertiary/aromatic N) is 4. The van der Waals surface area contributed by atoms with Crippen LogP contribution in [-0.2, 0) is 11.1 Å². The van der Waals surface area contributed by atoms with Crippen LogP contribution in [-0.4, -0.2) is 24.6 Å². The minimum absolute atomic E-state index is 0.432. The fourth-order valence-corrected chi connectivity index (χ4v) is 5.23. The molecule has 5 nitrogen and oxygen atoms in total. The first-order chi connectivity index (χ1) is 18.7. The van der Waals surface area contributed by atoms with Gasteiger partial charge in [0.2, 0.25) is 0 Å². The van der Waals surface area contributed by atoms with E-state index in [1.807, 2.05) is 85.1 Å². The Morgan fingerprint density at radius 3 is 1.29 bits per heavy atom. The molecule has 0 spiro atoms. The summed E-state index contributed by atoms with van der Waals surface area (Å²) < 4.78 is 2.08. The fourth-order valence-electron chi connectivity index (χ4n) is 5.23. The van der Waals surface area contributed by atoms with Crippen LogP contribution in [0.25, 0.3) is 0 Å². The van der Waals surface area contributed by atoms with Crippen LogP contribution in [0.1, 0.15) is 33.8 Å². The summed E-state index contributed by atoms with van der Waals surface area (Å²) in [6.45, 7) is 0. The molecule has 3 aromatic heterocycles. The van der Waals surface area contributed by atoms with Crippen molar-refractivity contribution < 1.29 is 5.11 Å². The molecule has 6 aromatic rings. The SMILES string of the molecule is OC(c1ccccn1)(c1ccccn1)c1cn(C(c2ccccc2)(c2ccccc2)c2ccccc2)cn1. The van der Waals surface area contributed by atoms with Crippen molar-refractivity contribution in [3.05, 3.63) is 186 Å². The van der Waals surface area contributed by atoms with E-state index in [9.17, 15) is 5.11 Å². The van der Waals surface area contributed by atoms with Crippen LogP contribution >= 0.6 is 0 Å². The summed E-state index contributed by atoms with van der Waals surface area (Å²) in [5, 5.41) is 12.3. The van der Waals surface area contributed by atoms with Gasteiger partial charge in [0.25, 0.3) is 0 Å². The largest absolute Gasteiger partial charge is 0.372 e. The molecule has 0 fully saturated rings. The molecule has 0 unspecified atom stereocenters. The van der Waals surface area contributed by atoms with Gasteiger partial charge in [-0.1, -0.05) is 103 Å². The molecule has 6 rings (SSSR count). The minimum atomic E-state index is -1.65. The highest BCUT2D eigenvalue weighted by Gasteiger charge is 2.43. The molecule has 0 atom stereocenters. The predicted octanol–water partition coefficient (Wildman–Crippen LogP) is 5.80. The first kappa shape index (κ1) is 23.5. The summed E-state index contributed by atoms with van der Waals surface area (Å²) in [5.41, 5.74) is 2.15. The lowest BCUT2D eigenvalue weighted by Crippen LogP contribution is -2.37. The lowest BCUT2D eigenvalue weighted by atomic mass is 9.76. The van der Waals surface area contributed by atoms with Crippen LogP contribution in [0.15, 0.2) is 152 Å². The van der Waals surface area contributed by atoms with Gasteiger partial charge in [-0.15, -0.1) is 0 Å². The van der Waals surface area contributed by atoms with Gasteiger partial charge in [-0.25, -0.2) is 4.98 Å². The Balaban J connectivity index is 1.65. The van der Waals surface area contributed by atoms with E-state index in [-0.39, 0.29) is 0 Å². The van der Waals surface area contributed by atoms with Crippen molar-refractivity contribution in [1.82, 2.24) is 19.5 Å². The van der Waals surface area contributed by atoms with E-state index in [0.717, 1.165) is 16.7 Å². The van der Waals surface area contributed by atoms with Crippen LogP contribution < -0.4 is 0 Å². The number of hydrogen-bond donors (Lipinski definition) is 1. The highest BCUT2D eigenvalue weighted by atomic mass is 16.3. The fraction of sp³-hybridized carbons (Fsp3) is 0.0606. The molecule has 5 heteroatoms. The van der Waals surface area contributed by atoms with Crippen molar-refractivity contribution in [1.29, 1.82) is 0 Å². The highest BCUT2D eigenvalue weighted by molar-refractivity contribution is 5.51. The lowest BCUT2D eigenvalue weighted by molar-refractivity contribution is 0.111. The van der Waals surface area contributed by atoms with E-state index in [0.29, 0.717) is 17.1 Å². The molecule has 0 saturated heterocycles. The molecule has 0 aliphatic heterocycles. The summed E-state index contributed by atoms with van der Waals surface area (Å²) >= 11 is 0. The molecule has 184 valence electrons. The van der Waals surface area contributed by atoms with E-state index in [4.69, 9.17) is 4.98 Å². The maximum Gasteiger partial charge on any atom is 0.192 e. The smallest absolute Gasteiger partial charge is 0.192 e. The zero-order chi connectivity index (χ0) is 25.8. The second-order valence-corrected chi connectivity index (χ2v) is 9.12. The third-order valence-electron chi connectivity index (χ3n) is 6.99. The van der Waals surface area contributed by atoms with Gasteiger partial charge in [0, 0.05) is 18.6 Å². The summed E-state index contributed by atoms with van der Waals surface area (Å²) in [5.74, 6) is 0.